The molecule has 0 heterocycles. The van der Waals surface area contributed by atoms with E-state index in [0.29, 0.717) is 0 Å². The minimum Gasteiger partial charge on any atom is -0.0622 e. The van der Waals surface area contributed by atoms with Crippen LogP contribution in [-0.4, -0.2) is 0 Å². The highest BCUT2D eigenvalue weighted by Crippen LogP contribution is 2.48. The van der Waals surface area contributed by atoms with Gasteiger partial charge in [0.1, 0.15) is 0 Å². The van der Waals surface area contributed by atoms with Crippen LogP contribution in [0.5, 0.6) is 0 Å². The fourth-order valence-electron chi connectivity index (χ4n) is 1.91. The molecular formula is C14H9Br5. The van der Waals surface area contributed by atoms with E-state index in [1.54, 1.807) is 0 Å². The summed E-state index contributed by atoms with van der Waals surface area (Å²) in [6.45, 7) is 2.20. The lowest BCUT2D eigenvalue weighted by molar-refractivity contribution is 0.904. The highest BCUT2D eigenvalue weighted by molar-refractivity contribution is 9.15. The summed E-state index contributed by atoms with van der Waals surface area (Å²) in [6.07, 6.45) is 0. The van der Waals surface area contributed by atoms with Gasteiger partial charge in [0.05, 0.1) is 0 Å². The summed E-state index contributed by atoms with van der Waals surface area (Å²) in [6, 6.07) is 10.5. The van der Waals surface area contributed by atoms with Crippen molar-refractivity contribution in [1.29, 1.82) is 0 Å². The third kappa shape index (κ3) is 3.20. The molecule has 0 aliphatic carbocycles. The van der Waals surface area contributed by atoms with Crippen LogP contribution in [0.4, 0.5) is 0 Å². The standard InChI is InChI=1S/C14H9Br5/c1-7(8-5-3-2-4-6-8)9-10(15)12(17)14(19)13(18)11(9)16/h2-7H,1H3. The first kappa shape index (κ1) is 16.2. The largest absolute Gasteiger partial charge is 0.0622 e. The van der Waals surface area contributed by atoms with Gasteiger partial charge in [0.2, 0.25) is 0 Å². The molecule has 2 aromatic carbocycles. The number of halogens is 5. The van der Waals surface area contributed by atoms with Crippen molar-refractivity contribution in [3.8, 4) is 0 Å². The lowest BCUT2D eigenvalue weighted by atomic mass is 9.93. The van der Waals surface area contributed by atoms with Crippen LogP contribution in [-0.2, 0) is 0 Å². The topological polar surface area (TPSA) is 0 Å². The van der Waals surface area contributed by atoms with E-state index < -0.39 is 0 Å². The fraction of sp³-hybridized carbons (Fsp3) is 0.143. The van der Waals surface area contributed by atoms with Gasteiger partial charge in [-0.2, -0.15) is 0 Å². The summed E-state index contributed by atoms with van der Waals surface area (Å²) in [5.74, 6) is 0.283. The molecule has 0 fully saturated rings. The third-order valence-corrected chi connectivity index (χ3v) is 9.13. The van der Waals surface area contributed by atoms with E-state index in [-0.39, 0.29) is 5.92 Å². The van der Waals surface area contributed by atoms with Gasteiger partial charge in [-0.3, -0.25) is 0 Å². The van der Waals surface area contributed by atoms with Crippen molar-refractivity contribution in [3.63, 3.8) is 0 Å². The Hall–Kier alpha value is 0.840. The number of hydrogen-bond acceptors (Lipinski definition) is 0. The summed E-state index contributed by atoms with van der Waals surface area (Å²) < 4.78 is 5.15. The molecule has 2 aromatic rings. The van der Waals surface area contributed by atoms with Gasteiger partial charge < -0.3 is 0 Å². The average Bonchev–Trinajstić information content (AvgIpc) is 2.44. The van der Waals surface area contributed by atoms with Crippen LogP contribution < -0.4 is 0 Å². The molecule has 0 radical (unpaired) electrons. The molecule has 0 nitrogen and oxygen atoms in total. The first-order valence-corrected chi connectivity index (χ1v) is 9.48. The third-order valence-electron chi connectivity index (χ3n) is 2.98. The second-order valence-electron chi connectivity index (χ2n) is 4.12. The van der Waals surface area contributed by atoms with Gasteiger partial charge in [0.15, 0.2) is 0 Å². The normalized spacial score (nSPS) is 12.5. The molecule has 0 bridgehead atoms. The van der Waals surface area contributed by atoms with E-state index in [0.717, 1.165) is 22.4 Å². The van der Waals surface area contributed by atoms with Crippen LogP contribution in [0.2, 0.25) is 0 Å². The average molecular weight is 577 g/mol. The Kier molecular flexibility index (Phi) is 5.75. The Balaban J connectivity index is 2.64. The summed E-state index contributed by atoms with van der Waals surface area (Å²) in [5.41, 5.74) is 2.50. The highest BCUT2D eigenvalue weighted by atomic mass is 79.9. The lowest BCUT2D eigenvalue weighted by Crippen LogP contribution is -2.00. The van der Waals surface area contributed by atoms with Gasteiger partial charge in [-0.05, 0) is 90.8 Å². The van der Waals surface area contributed by atoms with Crippen LogP contribution in [0.3, 0.4) is 0 Å². The molecule has 0 aliphatic heterocycles. The fourth-order valence-corrected chi connectivity index (χ4v) is 5.67. The first-order valence-electron chi connectivity index (χ1n) is 5.51. The van der Waals surface area contributed by atoms with Crippen molar-refractivity contribution in [2.75, 3.05) is 0 Å². The van der Waals surface area contributed by atoms with Crippen LogP contribution in [0.25, 0.3) is 0 Å². The molecule has 19 heavy (non-hydrogen) atoms. The zero-order valence-corrected chi connectivity index (χ0v) is 17.8. The van der Waals surface area contributed by atoms with Crippen molar-refractivity contribution < 1.29 is 0 Å². The molecule has 100 valence electrons. The van der Waals surface area contributed by atoms with Gasteiger partial charge >= 0.3 is 0 Å². The van der Waals surface area contributed by atoms with Gasteiger partial charge in [-0.15, -0.1) is 0 Å². The van der Waals surface area contributed by atoms with Gasteiger partial charge in [-0.25, -0.2) is 0 Å². The zero-order valence-electron chi connectivity index (χ0n) is 9.85. The SMILES string of the molecule is CC(c1ccccc1)c1c(Br)c(Br)c(Br)c(Br)c1Br. The maximum absolute atomic E-state index is 3.69. The Morgan fingerprint density at radius 2 is 1.11 bits per heavy atom. The first-order chi connectivity index (χ1) is 8.95. The predicted molar refractivity (Wildman–Crippen MR) is 98.9 cm³/mol. The number of rotatable bonds is 2. The lowest BCUT2D eigenvalue weighted by Gasteiger charge is -2.19. The molecule has 0 saturated carbocycles. The number of benzene rings is 2. The van der Waals surface area contributed by atoms with E-state index in [4.69, 9.17) is 0 Å². The molecule has 0 amide bonds. The molecule has 1 atom stereocenters. The summed E-state index contributed by atoms with van der Waals surface area (Å²) in [5, 5.41) is 0. The molecule has 0 aliphatic rings. The monoisotopic (exact) mass is 572 g/mol. The zero-order chi connectivity index (χ0) is 14.2. The second-order valence-corrected chi connectivity index (χ2v) is 8.08. The summed E-state index contributed by atoms with van der Waals surface area (Å²) in [4.78, 5) is 0. The minimum absolute atomic E-state index is 0.283. The molecule has 1 unspecified atom stereocenters. The molecule has 2 rings (SSSR count). The Morgan fingerprint density at radius 3 is 1.58 bits per heavy atom. The maximum atomic E-state index is 3.69. The molecule has 0 saturated heterocycles. The van der Waals surface area contributed by atoms with E-state index in [1.807, 2.05) is 6.07 Å². The molecule has 5 heteroatoms. The van der Waals surface area contributed by atoms with Crippen molar-refractivity contribution in [2.45, 2.75) is 12.8 Å². The van der Waals surface area contributed by atoms with Crippen molar-refractivity contribution >= 4 is 79.6 Å². The quantitative estimate of drug-likeness (QED) is 0.255. The minimum atomic E-state index is 0.283. The summed E-state index contributed by atoms with van der Waals surface area (Å²) >= 11 is 18.2. The van der Waals surface area contributed by atoms with E-state index in [1.165, 1.54) is 11.1 Å². The van der Waals surface area contributed by atoms with Crippen LogP contribution in [0.1, 0.15) is 24.0 Å². The van der Waals surface area contributed by atoms with Crippen molar-refractivity contribution in [2.24, 2.45) is 0 Å². The molecule has 0 N–H and O–H groups in total. The van der Waals surface area contributed by atoms with Gasteiger partial charge in [-0.1, -0.05) is 37.3 Å². The van der Waals surface area contributed by atoms with E-state index in [9.17, 15) is 0 Å². The Labute approximate surface area is 155 Å². The Bertz CT molecular complexity index is 578. The Morgan fingerprint density at radius 1 is 0.684 bits per heavy atom. The summed E-state index contributed by atoms with van der Waals surface area (Å²) in [7, 11) is 0. The highest BCUT2D eigenvalue weighted by Gasteiger charge is 2.22. The van der Waals surface area contributed by atoms with Crippen LogP contribution in [0.15, 0.2) is 52.7 Å². The predicted octanol–water partition coefficient (Wildman–Crippen LogP) is 7.65. The van der Waals surface area contributed by atoms with Gasteiger partial charge in [0.25, 0.3) is 0 Å². The smallest absolute Gasteiger partial charge is 0.0482 e. The maximum Gasteiger partial charge on any atom is 0.0482 e. The number of hydrogen-bond donors (Lipinski definition) is 0. The van der Waals surface area contributed by atoms with Crippen molar-refractivity contribution in [1.82, 2.24) is 0 Å². The van der Waals surface area contributed by atoms with Gasteiger partial charge in [0, 0.05) is 28.3 Å². The van der Waals surface area contributed by atoms with Crippen molar-refractivity contribution in [3.05, 3.63) is 63.8 Å². The second kappa shape index (κ2) is 6.73. The molecule has 0 aromatic heterocycles. The van der Waals surface area contributed by atoms with E-state index >= 15 is 0 Å². The van der Waals surface area contributed by atoms with Crippen LogP contribution >= 0.6 is 79.6 Å². The molecular weight excluding hydrogens is 568 g/mol. The van der Waals surface area contributed by atoms with E-state index in [2.05, 4.69) is 111 Å². The van der Waals surface area contributed by atoms with Crippen LogP contribution in [0, 0.1) is 0 Å². The molecule has 0 spiro atoms.